The Balaban J connectivity index is 2.13. The first-order chi connectivity index (χ1) is 4.35. The molecule has 1 nitrogen and oxygen atoms in total. The van der Waals surface area contributed by atoms with Gasteiger partial charge in [0, 0.05) is 0 Å². The van der Waals surface area contributed by atoms with E-state index in [1.807, 2.05) is 0 Å². The van der Waals surface area contributed by atoms with Gasteiger partial charge in [0.25, 0.3) is 0 Å². The van der Waals surface area contributed by atoms with Crippen LogP contribution in [0.3, 0.4) is 0 Å². The quantitative estimate of drug-likeness (QED) is 0.579. The van der Waals surface area contributed by atoms with Gasteiger partial charge in [0.15, 0.2) is 0 Å². The highest BCUT2D eigenvalue weighted by Crippen LogP contribution is 2.38. The molecule has 1 atom stereocenters. The average molecular weight is 121 g/mol. The van der Waals surface area contributed by atoms with Gasteiger partial charge in [-0.1, -0.05) is 25.2 Å². The minimum Gasteiger partial charge on any atom is -0.305 e. The van der Waals surface area contributed by atoms with Crippen molar-refractivity contribution in [1.82, 2.24) is 5.32 Å². The maximum atomic E-state index is 3.42. The zero-order chi connectivity index (χ0) is 6.32. The van der Waals surface area contributed by atoms with Crippen LogP contribution < -0.4 is 5.32 Å². The van der Waals surface area contributed by atoms with Crippen LogP contribution in [0, 0.1) is 0 Å². The van der Waals surface area contributed by atoms with E-state index in [1.165, 1.54) is 12.0 Å². The lowest BCUT2D eigenvalue weighted by atomic mass is 9.86. The molecule has 0 saturated heterocycles. The molecule has 1 N–H and O–H groups in total. The fourth-order valence-electron chi connectivity index (χ4n) is 1.61. The van der Waals surface area contributed by atoms with Crippen molar-refractivity contribution in [1.29, 1.82) is 0 Å². The largest absolute Gasteiger partial charge is 0.305 e. The second kappa shape index (κ2) is 1.48. The van der Waals surface area contributed by atoms with Crippen molar-refractivity contribution in [2.75, 3.05) is 6.54 Å². The molecular formula is C8H11N. The molecule has 0 aromatic carbocycles. The standard InChI is InChI=1S/C8H11N/c1-2-9-8-4-3-7(5-8)6-8/h3-5,9H,2,6H2,1H3. The first-order valence-corrected chi connectivity index (χ1v) is 3.51. The molecule has 3 rings (SSSR count). The van der Waals surface area contributed by atoms with Crippen LogP contribution in [-0.2, 0) is 0 Å². The summed E-state index contributed by atoms with van der Waals surface area (Å²) in [4.78, 5) is 0. The molecule has 1 heteroatoms. The van der Waals surface area contributed by atoms with Gasteiger partial charge in [-0.05, 0) is 18.5 Å². The molecular weight excluding hydrogens is 110 g/mol. The number of hydrogen-bond donors (Lipinski definition) is 1. The van der Waals surface area contributed by atoms with Crippen molar-refractivity contribution in [3.05, 3.63) is 23.8 Å². The molecule has 0 fully saturated rings. The molecule has 2 bridgehead atoms. The maximum Gasteiger partial charge on any atom is 0.0599 e. The third-order valence-electron chi connectivity index (χ3n) is 2.04. The highest BCUT2D eigenvalue weighted by Gasteiger charge is 2.36. The van der Waals surface area contributed by atoms with Gasteiger partial charge in [0.1, 0.15) is 0 Å². The summed E-state index contributed by atoms with van der Waals surface area (Å²) >= 11 is 0. The topological polar surface area (TPSA) is 12.0 Å². The van der Waals surface area contributed by atoms with E-state index in [2.05, 4.69) is 30.5 Å². The number of allylic oxidation sites excluding steroid dienone is 1. The van der Waals surface area contributed by atoms with Crippen LogP contribution in [0.1, 0.15) is 13.3 Å². The molecule has 0 aromatic heterocycles. The molecule has 0 spiro atoms. The van der Waals surface area contributed by atoms with E-state index in [4.69, 9.17) is 0 Å². The van der Waals surface area contributed by atoms with Gasteiger partial charge >= 0.3 is 0 Å². The molecule has 9 heavy (non-hydrogen) atoms. The normalized spacial score (nSPS) is 36.3. The van der Waals surface area contributed by atoms with E-state index in [-0.39, 0.29) is 0 Å². The number of nitrogens with one attached hydrogen (secondary N) is 1. The van der Waals surface area contributed by atoms with Gasteiger partial charge in [-0.25, -0.2) is 0 Å². The van der Waals surface area contributed by atoms with Crippen LogP contribution in [-0.4, -0.2) is 12.1 Å². The lowest BCUT2D eigenvalue weighted by Gasteiger charge is -2.31. The van der Waals surface area contributed by atoms with Gasteiger partial charge in [0.05, 0.1) is 5.54 Å². The summed E-state index contributed by atoms with van der Waals surface area (Å²) in [7, 11) is 0. The highest BCUT2D eigenvalue weighted by atomic mass is 15.0. The van der Waals surface area contributed by atoms with Crippen molar-refractivity contribution in [3.63, 3.8) is 0 Å². The average Bonchev–Trinajstić information content (AvgIpc) is 2.22. The summed E-state index contributed by atoms with van der Waals surface area (Å²) in [5.74, 6) is 0. The van der Waals surface area contributed by atoms with Crippen molar-refractivity contribution < 1.29 is 0 Å². The predicted molar refractivity (Wildman–Crippen MR) is 38.2 cm³/mol. The summed E-state index contributed by atoms with van der Waals surface area (Å²) in [6, 6.07) is 0. The SMILES string of the molecule is CCNC12C=CC(=C1)C2. The van der Waals surface area contributed by atoms with E-state index in [0.29, 0.717) is 5.54 Å². The minimum atomic E-state index is 0.296. The van der Waals surface area contributed by atoms with Crippen molar-refractivity contribution >= 4 is 0 Å². The monoisotopic (exact) mass is 121 g/mol. The van der Waals surface area contributed by atoms with Crippen LogP contribution in [0.5, 0.6) is 0 Å². The van der Waals surface area contributed by atoms with E-state index in [1.54, 1.807) is 0 Å². The van der Waals surface area contributed by atoms with Gasteiger partial charge in [-0.2, -0.15) is 0 Å². The zero-order valence-corrected chi connectivity index (χ0v) is 5.65. The molecule has 3 aliphatic rings. The Bertz CT molecular complexity index is 191. The van der Waals surface area contributed by atoms with Crippen molar-refractivity contribution in [2.45, 2.75) is 18.9 Å². The van der Waals surface area contributed by atoms with E-state index in [0.717, 1.165) is 6.54 Å². The maximum absolute atomic E-state index is 3.42. The van der Waals surface area contributed by atoms with Crippen LogP contribution in [0.2, 0.25) is 0 Å². The van der Waals surface area contributed by atoms with Crippen LogP contribution in [0.25, 0.3) is 0 Å². The Kier molecular flexibility index (Phi) is 0.862. The number of hydrogen-bond acceptors (Lipinski definition) is 1. The summed E-state index contributed by atoms with van der Waals surface area (Å²) in [5.41, 5.74) is 1.79. The Morgan fingerprint density at radius 1 is 1.78 bits per heavy atom. The summed E-state index contributed by atoms with van der Waals surface area (Å²) in [6.07, 6.45) is 7.99. The highest BCUT2D eigenvalue weighted by molar-refractivity contribution is 5.49. The predicted octanol–water partition coefficient (Wildman–Crippen LogP) is 1.23. The summed E-state index contributed by atoms with van der Waals surface area (Å²) < 4.78 is 0. The molecule has 48 valence electrons. The van der Waals surface area contributed by atoms with Crippen LogP contribution in [0.15, 0.2) is 23.8 Å². The summed E-state index contributed by atoms with van der Waals surface area (Å²) in [5, 5.41) is 3.42. The molecule has 0 heterocycles. The third kappa shape index (κ3) is 0.583. The molecule has 0 amide bonds. The summed E-state index contributed by atoms with van der Waals surface area (Å²) in [6.45, 7) is 3.21. The van der Waals surface area contributed by atoms with Gasteiger partial charge in [-0.15, -0.1) is 0 Å². The Hall–Kier alpha value is -0.560. The molecule has 0 radical (unpaired) electrons. The van der Waals surface area contributed by atoms with Crippen LogP contribution >= 0.6 is 0 Å². The van der Waals surface area contributed by atoms with Crippen LogP contribution in [0.4, 0.5) is 0 Å². The fourth-order valence-corrected chi connectivity index (χ4v) is 1.61. The first-order valence-electron chi connectivity index (χ1n) is 3.51. The Morgan fingerprint density at radius 2 is 2.56 bits per heavy atom. The second-order valence-electron chi connectivity index (χ2n) is 2.80. The van der Waals surface area contributed by atoms with Gasteiger partial charge < -0.3 is 5.32 Å². The molecule has 1 unspecified atom stereocenters. The third-order valence-corrected chi connectivity index (χ3v) is 2.04. The van der Waals surface area contributed by atoms with Gasteiger partial charge in [-0.3, -0.25) is 0 Å². The molecule has 0 aliphatic heterocycles. The minimum absolute atomic E-state index is 0.296. The van der Waals surface area contributed by atoms with Gasteiger partial charge in [0.2, 0.25) is 0 Å². The van der Waals surface area contributed by atoms with E-state index < -0.39 is 0 Å². The smallest absolute Gasteiger partial charge is 0.0599 e. The van der Waals surface area contributed by atoms with E-state index >= 15 is 0 Å². The first kappa shape index (κ1) is 5.24. The molecule has 3 aliphatic carbocycles. The number of likely N-dealkylation sites (N-methyl/N-ethyl adjacent to an activating group) is 1. The Morgan fingerprint density at radius 3 is 3.00 bits per heavy atom. The Labute approximate surface area is 55.5 Å². The van der Waals surface area contributed by atoms with Crippen molar-refractivity contribution in [3.8, 4) is 0 Å². The number of rotatable bonds is 2. The lowest BCUT2D eigenvalue weighted by Crippen LogP contribution is -2.43. The van der Waals surface area contributed by atoms with E-state index in [9.17, 15) is 0 Å². The molecule has 0 aromatic rings. The van der Waals surface area contributed by atoms with Crippen molar-refractivity contribution in [2.24, 2.45) is 0 Å². The zero-order valence-electron chi connectivity index (χ0n) is 5.65. The fraction of sp³-hybridized carbons (Fsp3) is 0.500. The molecule has 0 saturated carbocycles. The lowest BCUT2D eigenvalue weighted by molar-refractivity contribution is 0.477. The second-order valence-corrected chi connectivity index (χ2v) is 2.80.